The predicted molar refractivity (Wildman–Crippen MR) is 136 cm³/mol. The van der Waals surface area contributed by atoms with Gasteiger partial charge >= 0.3 is 0 Å². The van der Waals surface area contributed by atoms with Gasteiger partial charge in [-0.15, -0.1) is 10.2 Å². The molecule has 2 aliphatic rings. The number of ether oxygens (including phenoxy) is 2. The summed E-state index contributed by atoms with van der Waals surface area (Å²) in [6.45, 7) is 4.84. The van der Waals surface area contributed by atoms with Crippen molar-refractivity contribution in [1.82, 2.24) is 19.7 Å². The lowest BCUT2D eigenvalue weighted by molar-refractivity contribution is -0.187. The second-order valence-electron chi connectivity index (χ2n) is 9.12. The zero-order valence-corrected chi connectivity index (χ0v) is 21.0. The molecule has 0 aliphatic carbocycles. The Morgan fingerprint density at radius 1 is 1.00 bits per heavy atom. The molecule has 3 aromatic rings. The van der Waals surface area contributed by atoms with Gasteiger partial charge in [0, 0.05) is 44.5 Å². The van der Waals surface area contributed by atoms with Crippen molar-refractivity contribution in [3.8, 4) is 5.69 Å². The van der Waals surface area contributed by atoms with Crippen LogP contribution in [-0.2, 0) is 20.7 Å². The fourth-order valence-corrected chi connectivity index (χ4v) is 5.67. The maximum Gasteiger partial charge on any atom is 0.222 e. The molecule has 3 heterocycles. The highest BCUT2D eigenvalue weighted by atomic mass is 32.2. The van der Waals surface area contributed by atoms with Gasteiger partial charge in [-0.3, -0.25) is 9.36 Å². The summed E-state index contributed by atoms with van der Waals surface area (Å²) in [5, 5.41) is 9.94. The van der Waals surface area contributed by atoms with Crippen LogP contribution in [0.2, 0.25) is 0 Å². The smallest absolute Gasteiger partial charge is 0.222 e. The Morgan fingerprint density at radius 3 is 2.46 bits per heavy atom. The van der Waals surface area contributed by atoms with Crippen LogP contribution in [0.15, 0.2) is 59.8 Å². The Labute approximate surface area is 210 Å². The highest BCUT2D eigenvalue weighted by molar-refractivity contribution is 7.99. The summed E-state index contributed by atoms with van der Waals surface area (Å²) >= 11 is 1.66. The minimum atomic E-state index is -0.441. The largest absolute Gasteiger partial charge is 0.347 e. The van der Waals surface area contributed by atoms with Gasteiger partial charge in [-0.25, -0.2) is 0 Å². The normalized spacial score (nSPS) is 17.2. The molecule has 2 aliphatic heterocycles. The van der Waals surface area contributed by atoms with Crippen LogP contribution in [0.25, 0.3) is 5.69 Å². The Hall–Kier alpha value is -2.68. The van der Waals surface area contributed by atoms with E-state index in [1.807, 2.05) is 35.2 Å². The summed E-state index contributed by atoms with van der Waals surface area (Å²) in [4.78, 5) is 14.7. The van der Waals surface area contributed by atoms with E-state index in [1.165, 1.54) is 11.1 Å². The minimum Gasteiger partial charge on any atom is -0.347 e. The lowest BCUT2D eigenvalue weighted by Crippen LogP contribution is -2.47. The SMILES string of the molecule is Cc1ccccc1-n1c(Cc2ccccc2)nnc1SCCCC(=O)N1CCC2(CC1)OCCO2. The Morgan fingerprint density at radius 2 is 1.71 bits per heavy atom. The van der Waals surface area contributed by atoms with Gasteiger partial charge in [-0.05, 0) is 30.5 Å². The first kappa shape index (κ1) is 24.0. The van der Waals surface area contributed by atoms with Gasteiger partial charge in [0.25, 0.3) is 0 Å². The number of carbonyl (C=O) groups excluding carboxylic acids is 1. The van der Waals surface area contributed by atoms with E-state index >= 15 is 0 Å². The summed E-state index contributed by atoms with van der Waals surface area (Å²) < 4.78 is 13.7. The Kier molecular flexibility index (Phi) is 7.51. The van der Waals surface area contributed by atoms with Crippen molar-refractivity contribution in [2.45, 2.75) is 50.0 Å². The summed E-state index contributed by atoms with van der Waals surface area (Å²) in [6.07, 6.45) is 3.57. The summed E-state index contributed by atoms with van der Waals surface area (Å²) in [7, 11) is 0. The molecule has 7 nitrogen and oxygen atoms in total. The van der Waals surface area contributed by atoms with E-state index in [0.717, 1.165) is 41.7 Å². The molecule has 1 aromatic heterocycles. The van der Waals surface area contributed by atoms with Gasteiger partial charge in [-0.1, -0.05) is 60.3 Å². The fraction of sp³-hybridized carbons (Fsp3) is 0.444. The van der Waals surface area contributed by atoms with E-state index in [4.69, 9.17) is 9.47 Å². The molecule has 2 fully saturated rings. The molecule has 184 valence electrons. The molecule has 1 amide bonds. The second kappa shape index (κ2) is 10.9. The van der Waals surface area contributed by atoms with Crippen molar-refractivity contribution < 1.29 is 14.3 Å². The number of para-hydroxylation sites is 1. The van der Waals surface area contributed by atoms with Crippen molar-refractivity contribution >= 4 is 17.7 Å². The van der Waals surface area contributed by atoms with Crippen LogP contribution >= 0.6 is 11.8 Å². The van der Waals surface area contributed by atoms with Gasteiger partial charge in [-0.2, -0.15) is 0 Å². The number of aromatic nitrogens is 3. The standard InChI is InChI=1S/C27H32N4O3S/c1-21-8-5-6-11-23(21)31-24(20-22-9-3-2-4-10-22)28-29-26(31)35-19-7-12-25(32)30-15-13-27(14-16-30)33-17-18-34-27/h2-6,8-11H,7,12-20H2,1H3. The van der Waals surface area contributed by atoms with E-state index in [9.17, 15) is 4.79 Å². The van der Waals surface area contributed by atoms with E-state index < -0.39 is 5.79 Å². The third-order valence-corrected chi connectivity index (χ3v) is 7.73. The molecule has 0 saturated carbocycles. The van der Waals surface area contributed by atoms with Crippen LogP contribution in [0.1, 0.15) is 42.6 Å². The van der Waals surface area contributed by atoms with Gasteiger partial charge in [0.05, 0.1) is 18.9 Å². The number of hydrogen-bond donors (Lipinski definition) is 0. The van der Waals surface area contributed by atoms with Gasteiger partial charge < -0.3 is 14.4 Å². The first-order valence-electron chi connectivity index (χ1n) is 12.4. The summed E-state index contributed by atoms with van der Waals surface area (Å²) in [5.74, 6) is 1.50. The van der Waals surface area contributed by atoms with E-state index in [1.54, 1.807) is 11.8 Å². The van der Waals surface area contributed by atoms with Gasteiger partial charge in [0.1, 0.15) is 5.82 Å². The Balaban J connectivity index is 1.20. The van der Waals surface area contributed by atoms with E-state index in [-0.39, 0.29) is 5.91 Å². The lowest BCUT2D eigenvalue weighted by Gasteiger charge is -2.37. The molecule has 0 bridgehead atoms. The van der Waals surface area contributed by atoms with Crippen molar-refractivity contribution in [1.29, 1.82) is 0 Å². The molecule has 1 spiro atoms. The van der Waals surface area contributed by atoms with Crippen LogP contribution in [0.3, 0.4) is 0 Å². The molecule has 2 aromatic carbocycles. The monoisotopic (exact) mass is 492 g/mol. The Bertz CT molecular complexity index is 1130. The zero-order chi connectivity index (χ0) is 24.1. The van der Waals surface area contributed by atoms with Crippen molar-refractivity contribution in [3.05, 3.63) is 71.5 Å². The zero-order valence-electron chi connectivity index (χ0n) is 20.2. The van der Waals surface area contributed by atoms with Crippen molar-refractivity contribution in [2.24, 2.45) is 0 Å². The highest BCUT2D eigenvalue weighted by Crippen LogP contribution is 2.32. The van der Waals surface area contributed by atoms with Crippen molar-refractivity contribution in [3.63, 3.8) is 0 Å². The number of benzene rings is 2. The molecule has 2 saturated heterocycles. The number of piperidine rings is 1. The average Bonchev–Trinajstić information content (AvgIpc) is 3.50. The molecule has 35 heavy (non-hydrogen) atoms. The third-order valence-electron chi connectivity index (χ3n) is 6.72. The van der Waals surface area contributed by atoms with Gasteiger partial charge in [0.15, 0.2) is 10.9 Å². The number of carbonyl (C=O) groups is 1. The number of aryl methyl sites for hydroxylation is 1. The number of thioether (sulfide) groups is 1. The minimum absolute atomic E-state index is 0.212. The third kappa shape index (κ3) is 5.60. The maximum atomic E-state index is 12.8. The predicted octanol–water partition coefficient (Wildman–Crippen LogP) is 4.40. The van der Waals surface area contributed by atoms with E-state index in [0.29, 0.717) is 39.1 Å². The molecule has 0 N–H and O–H groups in total. The average molecular weight is 493 g/mol. The van der Waals surface area contributed by atoms with Crippen LogP contribution in [0.4, 0.5) is 0 Å². The van der Waals surface area contributed by atoms with E-state index in [2.05, 4.69) is 46.0 Å². The molecule has 0 radical (unpaired) electrons. The van der Waals surface area contributed by atoms with Gasteiger partial charge in [0.2, 0.25) is 5.91 Å². The van der Waals surface area contributed by atoms with Crippen LogP contribution in [0.5, 0.6) is 0 Å². The van der Waals surface area contributed by atoms with Crippen LogP contribution in [-0.4, -0.2) is 63.4 Å². The number of likely N-dealkylation sites (tertiary alicyclic amines) is 1. The molecule has 0 unspecified atom stereocenters. The number of nitrogens with zero attached hydrogens (tertiary/aromatic N) is 4. The number of hydrogen-bond acceptors (Lipinski definition) is 6. The topological polar surface area (TPSA) is 69.5 Å². The number of rotatable bonds is 8. The summed E-state index contributed by atoms with van der Waals surface area (Å²) in [5.41, 5.74) is 3.48. The molecular formula is C27H32N4O3S. The lowest BCUT2D eigenvalue weighted by atomic mass is 10.0. The first-order chi connectivity index (χ1) is 17.1. The summed E-state index contributed by atoms with van der Waals surface area (Å²) in [6, 6.07) is 18.7. The molecular weight excluding hydrogens is 460 g/mol. The second-order valence-corrected chi connectivity index (χ2v) is 10.2. The highest BCUT2D eigenvalue weighted by Gasteiger charge is 2.40. The van der Waals surface area contributed by atoms with Crippen LogP contribution in [0, 0.1) is 6.92 Å². The van der Waals surface area contributed by atoms with Crippen molar-refractivity contribution in [2.75, 3.05) is 32.1 Å². The quantitative estimate of drug-likeness (QED) is 0.343. The maximum absolute atomic E-state index is 12.8. The number of amides is 1. The molecule has 0 atom stereocenters. The molecule has 5 rings (SSSR count). The molecule has 8 heteroatoms. The van der Waals surface area contributed by atoms with Crippen LogP contribution < -0.4 is 0 Å². The fourth-order valence-electron chi connectivity index (χ4n) is 4.77. The first-order valence-corrected chi connectivity index (χ1v) is 13.3.